The van der Waals surface area contributed by atoms with Gasteiger partial charge in [-0.05, 0) is 30.8 Å². The van der Waals surface area contributed by atoms with Crippen molar-refractivity contribution in [2.45, 2.75) is 6.92 Å². The molecule has 0 saturated heterocycles. The first-order chi connectivity index (χ1) is 14.9. The van der Waals surface area contributed by atoms with Crippen molar-refractivity contribution in [2.75, 3.05) is 6.61 Å². The number of aliphatic hydroxyl groups is 1. The third kappa shape index (κ3) is 12.7. The molecule has 0 unspecified atom stereocenters. The predicted octanol–water partition coefficient (Wildman–Crippen LogP) is 4.48. The Labute approximate surface area is 197 Å². The summed E-state index contributed by atoms with van der Waals surface area (Å²) >= 11 is 0. The van der Waals surface area contributed by atoms with Crippen molar-refractivity contribution >= 4 is 23.8 Å². The van der Waals surface area contributed by atoms with Gasteiger partial charge in [-0.1, -0.05) is 115 Å². The fourth-order valence-corrected chi connectivity index (χ4v) is 4.73. The average molecular weight is 472 g/mol. The van der Waals surface area contributed by atoms with Gasteiger partial charge in [0.1, 0.15) is 0 Å². The molecule has 0 aliphatic carbocycles. The zero-order valence-electron chi connectivity index (χ0n) is 17.2. The van der Waals surface area contributed by atoms with Gasteiger partial charge in [-0.15, -0.1) is 0 Å². The average Bonchev–Trinajstić information content (AvgIpc) is 2.85. The molecule has 0 saturated carbocycles. The number of aliphatic hydroxyl groups excluding tert-OH is 1. The molecule has 0 atom stereocenters. The number of hydrogen-bond acceptors (Lipinski definition) is 1. The molecule has 0 aliphatic rings. The minimum absolute atomic E-state index is 0. The van der Waals surface area contributed by atoms with Crippen LogP contribution in [0, 0.1) is 13.3 Å². The summed E-state index contributed by atoms with van der Waals surface area (Å²) in [6.07, 6.45) is 7.27. The smallest absolute Gasteiger partial charge is 0 e. The van der Waals surface area contributed by atoms with Crippen molar-refractivity contribution in [1.82, 2.24) is 0 Å². The van der Waals surface area contributed by atoms with Crippen LogP contribution in [0.4, 0.5) is 0 Å². The van der Waals surface area contributed by atoms with Crippen LogP contribution >= 0.6 is 7.92 Å². The number of rotatable bonds is 5. The van der Waals surface area contributed by atoms with Crippen LogP contribution in [0.5, 0.6) is 0 Å². The van der Waals surface area contributed by atoms with Gasteiger partial charge in [-0.2, -0.15) is 0 Å². The Kier molecular flexibility index (Phi) is 22.0. The Morgan fingerprint density at radius 1 is 0.677 bits per heavy atom. The minimum Gasteiger partial charge on any atom is -0.0622 e. The van der Waals surface area contributed by atoms with Crippen LogP contribution in [0.3, 0.4) is 0 Å². The van der Waals surface area contributed by atoms with E-state index in [2.05, 4.69) is 104 Å². The molecule has 31 heavy (non-hydrogen) atoms. The number of allylic oxidation sites excluding steroid dienone is 3. The molecule has 160 valence electrons. The van der Waals surface area contributed by atoms with Crippen molar-refractivity contribution < 1.29 is 31.5 Å². The second-order valence-electron chi connectivity index (χ2n) is 5.48. The molecular weight excluding hydrogens is 447 g/mol. The van der Waals surface area contributed by atoms with Crippen LogP contribution < -0.4 is 15.9 Å². The quantitative estimate of drug-likeness (QED) is 0.192. The van der Waals surface area contributed by atoms with Crippen LogP contribution in [-0.2, 0) is 26.4 Å². The number of hydrogen-bond donors (Lipinski definition) is 1. The zero-order valence-corrected chi connectivity index (χ0v) is 19.2. The maximum atomic E-state index is 8.17. The van der Waals surface area contributed by atoms with Crippen molar-refractivity contribution in [1.29, 1.82) is 0 Å². The molecule has 0 fully saturated rings. The molecule has 1 N–H and O–H groups in total. The van der Waals surface area contributed by atoms with Crippen molar-refractivity contribution in [3.8, 4) is 0 Å². The summed E-state index contributed by atoms with van der Waals surface area (Å²) in [4.78, 5) is 0. The summed E-state index contributed by atoms with van der Waals surface area (Å²) in [5.74, 6) is 0. The van der Waals surface area contributed by atoms with Gasteiger partial charge in [0.25, 0.3) is 0 Å². The van der Waals surface area contributed by atoms with E-state index >= 15 is 0 Å². The van der Waals surface area contributed by atoms with E-state index in [9.17, 15) is 0 Å². The zero-order chi connectivity index (χ0) is 22.5. The van der Waals surface area contributed by atoms with Crippen LogP contribution in [0.15, 0.2) is 115 Å². The van der Waals surface area contributed by atoms with E-state index in [1.54, 1.807) is 12.2 Å². The molecule has 0 heterocycles. The third-order valence-electron chi connectivity index (χ3n) is 3.59. The fourth-order valence-electron chi connectivity index (χ4n) is 2.43. The second kappa shape index (κ2) is 22.2. The van der Waals surface area contributed by atoms with Crippen molar-refractivity contribution in [3.05, 3.63) is 129 Å². The van der Waals surface area contributed by atoms with Gasteiger partial charge in [0.05, 0.1) is 6.61 Å². The summed E-state index contributed by atoms with van der Waals surface area (Å²) in [5.41, 5.74) is 0. The molecule has 3 aromatic rings. The summed E-state index contributed by atoms with van der Waals surface area (Å²) in [7, 11) is -0.446. The standard InChI is InChI=1S/C18H15P.C6H10O.2CO.Fe/c1-4-10-16(11-5-1)19(17-12-6-2-7-13-17)18-14-8-3-9-15-18;1-2-3-4-5-6-7;2*1-2;/h1-15H;2-5,7H,6H2,1H3;;;/b;3-2+,5-4+;;;. The Hall–Kier alpha value is -2.47. The van der Waals surface area contributed by atoms with E-state index in [-0.39, 0.29) is 23.7 Å². The van der Waals surface area contributed by atoms with Gasteiger partial charge in [-0.25, -0.2) is 0 Å². The first-order valence-electron chi connectivity index (χ1n) is 9.11. The van der Waals surface area contributed by atoms with E-state index in [0.29, 0.717) is 0 Å². The topological polar surface area (TPSA) is 60.0 Å². The minimum atomic E-state index is -0.446. The van der Waals surface area contributed by atoms with Crippen LogP contribution in [0.25, 0.3) is 0 Å². The van der Waals surface area contributed by atoms with Gasteiger partial charge < -0.3 is 5.11 Å². The normalized spacial score (nSPS) is 9.26. The molecule has 0 amide bonds. The van der Waals surface area contributed by atoms with Crippen LogP contribution in [0.1, 0.15) is 6.92 Å². The van der Waals surface area contributed by atoms with Crippen molar-refractivity contribution in [3.63, 3.8) is 0 Å². The molecule has 0 aliphatic heterocycles. The van der Waals surface area contributed by atoms with E-state index in [0.717, 1.165) is 0 Å². The summed E-state index contributed by atoms with van der Waals surface area (Å²) in [6.45, 7) is 11.1. The van der Waals surface area contributed by atoms with E-state index < -0.39 is 7.92 Å². The monoisotopic (exact) mass is 472 g/mol. The molecule has 3 nitrogen and oxygen atoms in total. The van der Waals surface area contributed by atoms with E-state index in [4.69, 9.17) is 14.4 Å². The van der Waals surface area contributed by atoms with E-state index in [1.165, 1.54) is 15.9 Å². The van der Waals surface area contributed by atoms with Gasteiger partial charge in [0.15, 0.2) is 0 Å². The maximum Gasteiger partial charge on any atom is 0 e. The molecule has 5 heteroatoms. The molecule has 3 rings (SSSR count). The summed E-state index contributed by atoms with van der Waals surface area (Å²) in [5, 5.41) is 12.4. The third-order valence-corrected chi connectivity index (χ3v) is 6.03. The Morgan fingerprint density at radius 2 is 1.00 bits per heavy atom. The van der Waals surface area contributed by atoms with Crippen molar-refractivity contribution in [2.24, 2.45) is 0 Å². The predicted molar refractivity (Wildman–Crippen MR) is 124 cm³/mol. The first kappa shape index (κ1) is 30.7. The van der Waals surface area contributed by atoms with Gasteiger partial charge in [0, 0.05) is 17.1 Å². The molecule has 0 bridgehead atoms. The van der Waals surface area contributed by atoms with Gasteiger partial charge in [0.2, 0.25) is 0 Å². The second-order valence-corrected chi connectivity index (χ2v) is 7.70. The SMILES string of the molecule is C/C=C/C=C/CO.[C-]#[O+].[C-]#[O+].[Fe].c1ccc(P(c2ccccc2)c2ccccc2)cc1. The molecular formula is C26H25FeO3P. The largest absolute Gasteiger partial charge is 0.0622 e. The fraction of sp³-hybridized carbons (Fsp3) is 0.0769. The Bertz CT molecular complexity index is 777. The Morgan fingerprint density at radius 3 is 1.26 bits per heavy atom. The van der Waals surface area contributed by atoms with Crippen LogP contribution in [0.2, 0.25) is 0 Å². The van der Waals surface area contributed by atoms with Gasteiger partial charge >= 0.3 is 22.6 Å². The number of benzene rings is 3. The first-order valence-corrected chi connectivity index (χ1v) is 10.5. The molecule has 3 aromatic carbocycles. The molecule has 0 spiro atoms. The van der Waals surface area contributed by atoms with Crippen LogP contribution in [-0.4, -0.2) is 11.7 Å². The van der Waals surface area contributed by atoms with E-state index in [1.807, 2.05) is 19.1 Å². The maximum absolute atomic E-state index is 8.17. The molecule has 0 aromatic heterocycles. The van der Waals surface area contributed by atoms with Gasteiger partial charge in [-0.3, -0.25) is 0 Å². The molecule has 0 radical (unpaired) electrons. The summed E-state index contributed by atoms with van der Waals surface area (Å²) in [6, 6.07) is 32.3. The summed E-state index contributed by atoms with van der Waals surface area (Å²) < 4.78 is 15.0. The Balaban J connectivity index is 0.